The second-order valence-corrected chi connectivity index (χ2v) is 7.00. The molecule has 11 heteroatoms. The van der Waals surface area contributed by atoms with Crippen LogP contribution in [-0.4, -0.2) is 63.0 Å². The van der Waals surface area contributed by atoms with Crippen LogP contribution in [0.5, 0.6) is 0 Å². The molecule has 1 amide bonds. The first-order valence-electron chi connectivity index (χ1n) is 9.64. The number of rotatable bonds is 7. The SMILES string of the molecule is CO[C@@H]1C[C@@H](C(=O)NCCc2cnn(C)c2)CC[C@H]1Nc1cc(=O)[nH]cn1.O=CO. The zero-order chi connectivity index (χ0) is 21.9. The summed E-state index contributed by atoms with van der Waals surface area (Å²) < 4.78 is 7.35. The van der Waals surface area contributed by atoms with Gasteiger partial charge in [0.15, 0.2) is 0 Å². The minimum Gasteiger partial charge on any atom is -0.483 e. The molecule has 1 aliphatic carbocycles. The maximum Gasteiger partial charge on any atom is 0.290 e. The van der Waals surface area contributed by atoms with Crippen LogP contribution in [0.25, 0.3) is 0 Å². The molecule has 0 unspecified atom stereocenters. The second-order valence-electron chi connectivity index (χ2n) is 7.00. The van der Waals surface area contributed by atoms with Crippen LogP contribution in [0.1, 0.15) is 24.8 Å². The first-order valence-corrected chi connectivity index (χ1v) is 9.64. The summed E-state index contributed by atoms with van der Waals surface area (Å²) in [6, 6.07) is 1.44. The highest BCUT2D eigenvalue weighted by molar-refractivity contribution is 5.78. The lowest BCUT2D eigenvalue weighted by atomic mass is 9.83. The zero-order valence-corrected chi connectivity index (χ0v) is 17.1. The third-order valence-electron chi connectivity index (χ3n) is 4.95. The van der Waals surface area contributed by atoms with Crippen molar-refractivity contribution in [2.45, 2.75) is 37.8 Å². The third-order valence-corrected chi connectivity index (χ3v) is 4.95. The highest BCUT2D eigenvalue weighted by atomic mass is 16.5. The number of nitrogens with one attached hydrogen (secondary N) is 3. The van der Waals surface area contributed by atoms with Gasteiger partial charge in [0.05, 0.1) is 24.7 Å². The highest BCUT2D eigenvalue weighted by Gasteiger charge is 2.34. The molecule has 30 heavy (non-hydrogen) atoms. The number of aryl methyl sites for hydroxylation is 1. The summed E-state index contributed by atoms with van der Waals surface area (Å²) in [5.41, 5.74) is 0.897. The van der Waals surface area contributed by atoms with Crippen LogP contribution in [0.3, 0.4) is 0 Å². The molecule has 0 radical (unpaired) electrons. The number of nitrogens with zero attached hydrogens (tertiary/aromatic N) is 3. The largest absolute Gasteiger partial charge is 0.483 e. The minimum atomic E-state index is -0.250. The number of carboxylic acid groups (broad SMARTS) is 1. The number of carbonyl (C=O) groups excluding carboxylic acids is 1. The average Bonchev–Trinajstić information content (AvgIpc) is 3.14. The Bertz CT molecular complexity index is 867. The van der Waals surface area contributed by atoms with Gasteiger partial charge in [-0.25, -0.2) is 4.98 Å². The quantitative estimate of drug-likeness (QED) is 0.462. The number of hydrogen-bond donors (Lipinski definition) is 4. The van der Waals surface area contributed by atoms with E-state index in [0.29, 0.717) is 18.8 Å². The Hall–Kier alpha value is -3.21. The Kier molecular flexibility index (Phi) is 9.01. The van der Waals surface area contributed by atoms with Gasteiger partial charge in [-0.2, -0.15) is 5.10 Å². The van der Waals surface area contributed by atoms with Crippen molar-refractivity contribution >= 4 is 18.2 Å². The van der Waals surface area contributed by atoms with Crippen molar-refractivity contribution in [1.29, 1.82) is 0 Å². The molecule has 4 N–H and O–H groups in total. The summed E-state index contributed by atoms with van der Waals surface area (Å²) >= 11 is 0. The molecule has 0 aromatic carbocycles. The molecule has 11 nitrogen and oxygen atoms in total. The summed E-state index contributed by atoms with van der Waals surface area (Å²) in [7, 11) is 3.52. The number of aromatic nitrogens is 4. The molecular weight excluding hydrogens is 392 g/mol. The van der Waals surface area contributed by atoms with Crippen LogP contribution in [-0.2, 0) is 27.8 Å². The predicted molar refractivity (Wildman–Crippen MR) is 109 cm³/mol. The lowest BCUT2D eigenvalue weighted by Crippen LogP contribution is -2.45. The van der Waals surface area contributed by atoms with Gasteiger partial charge in [0, 0.05) is 38.9 Å². The zero-order valence-electron chi connectivity index (χ0n) is 17.1. The molecular formula is C19H28N6O5. The van der Waals surface area contributed by atoms with Crippen molar-refractivity contribution < 1.29 is 19.4 Å². The summed E-state index contributed by atoms with van der Waals surface area (Å²) in [6.45, 7) is 0.344. The molecule has 0 bridgehead atoms. The maximum absolute atomic E-state index is 12.5. The van der Waals surface area contributed by atoms with Crippen molar-refractivity contribution in [2.75, 3.05) is 19.0 Å². The minimum absolute atomic E-state index is 0.0174. The molecule has 164 valence electrons. The van der Waals surface area contributed by atoms with Crippen molar-refractivity contribution in [3.05, 3.63) is 40.7 Å². The van der Waals surface area contributed by atoms with Crippen molar-refractivity contribution in [3.8, 4) is 0 Å². The van der Waals surface area contributed by atoms with E-state index in [-0.39, 0.29) is 36.0 Å². The topological polar surface area (TPSA) is 151 Å². The lowest BCUT2D eigenvalue weighted by molar-refractivity contribution is -0.127. The number of carbonyl (C=O) groups is 2. The van der Waals surface area contributed by atoms with E-state index in [1.807, 2.05) is 19.4 Å². The number of H-pyrrole nitrogens is 1. The Morgan fingerprint density at radius 1 is 1.47 bits per heavy atom. The van der Waals surface area contributed by atoms with Gasteiger partial charge >= 0.3 is 0 Å². The number of aromatic amines is 1. The van der Waals surface area contributed by atoms with Gasteiger partial charge in [0.1, 0.15) is 5.82 Å². The van der Waals surface area contributed by atoms with Gasteiger partial charge in [-0.3, -0.25) is 19.1 Å². The fraction of sp³-hybridized carbons (Fsp3) is 0.526. The first-order chi connectivity index (χ1) is 14.5. The number of amides is 1. The Labute approximate surface area is 173 Å². The third kappa shape index (κ3) is 6.99. The van der Waals surface area contributed by atoms with E-state index < -0.39 is 0 Å². The molecule has 1 fully saturated rings. The van der Waals surface area contributed by atoms with Crippen molar-refractivity contribution in [1.82, 2.24) is 25.1 Å². The van der Waals surface area contributed by atoms with E-state index in [1.165, 1.54) is 12.4 Å². The van der Waals surface area contributed by atoms with E-state index in [1.54, 1.807) is 11.8 Å². The molecule has 0 aliphatic heterocycles. The number of anilines is 1. The van der Waals surface area contributed by atoms with Gasteiger partial charge in [-0.1, -0.05) is 0 Å². The molecule has 2 aromatic rings. The van der Waals surface area contributed by atoms with Crippen LogP contribution in [0.2, 0.25) is 0 Å². The fourth-order valence-corrected chi connectivity index (χ4v) is 3.51. The number of ether oxygens (including phenoxy) is 1. The van der Waals surface area contributed by atoms with Crippen LogP contribution in [0.4, 0.5) is 5.82 Å². The van der Waals surface area contributed by atoms with Crippen molar-refractivity contribution in [2.24, 2.45) is 13.0 Å². The average molecular weight is 420 g/mol. The first kappa shape index (κ1) is 23.1. The van der Waals surface area contributed by atoms with Crippen LogP contribution < -0.4 is 16.2 Å². The number of methoxy groups -OCH3 is 1. The second kappa shape index (κ2) is 11.7. The molecule has 1 aliphatic rings. The van der Waals surface area contributed by atoms with Crippen molar-refractivity contribution in [3.63, 3.8) is 0 Å². The smallest absolute Gasteiger partial charge is 0.290 e. The summed E-state index contributed by atoms with van der Waals surface area (Å²) in [6.07, 6.45) is 7.95. The van der Waals surface area contributed by atoms with Gasteiger partial charge in [0.2, 0.25) is 5.91 Å². The standard InChI is InChI=1S/C18H26N6O3.CH2O2/c1-24-10-12(9-22-24)5-6-19-18(26)13-3-4-14(15(7-13)27-2)23-16-8-17(25)21-11-20-16;2-1-3/h8-11,13-15H,3-7H2,1-2H3,(H,19,26)(H2,20,21,23,25);1H,(H,2,3)/t13-,14+,15+;/m0./s1. The molecule has 0 saturated heterocycles. The van der Waals surface area contributed by atoms with E-state index in [4.69, 9.17) is 14.6 Å². The molecule has 2 heterocycles. The van der Waals surface area contributed by atoms with E-state index in [0.717, 1.165) is 24.8 Å². The molecule has 3 rings (SSSR count). The molecule has 2 aromatic heterocycles. The summed E-state index contributed by atoms with van der Waals surface area (Å²) in [5.74, 6) is 0.507. The fourth-order valence-electron chi connectivity index (χ4n) is 3.51. The molecule has 0 spiro atoms. The monoisotopic (exact) mass is 420 g/mol. The van der Waals surface area contributed by atoms with Crippen LogP contribution >= 0.6 is 0 Å². The predicted octanol–water partition coefficient (Wildman–Crippen LogP) is 0.159. The van der Waals surface area contributed by atoms with E-state index in [2.05, 4.69) is 25.7 Å². The van der Waals surface area contributed by atoms with Gasteiger partial charge in [-0.15, -0.1) is 0 Å². The Morgan fingerprint density at radius 3 is 2.87 bits per heavy atom. The Balaban J connectivity index is 0.00000101. The van der Waals surface area contributed by atoms with Gasteiger partial charge < -0.3 is 25.5 Å². The molecule has 3 atom stereocenters. The molecule has 1 saturated carbocycles. The lowest BCUT2D eigenvalue weighted by Gasteiger charge is -2.35. The van der Waals surface area contributed by atoms with Gasteiger partial charge in [-0.05, 0) is 31.2 Å². The number of hydrogen-bond acceptors (Lipinski definition) is 7. The summed E-state index contributed by atoms with van der Waals surface area (Å²) in [5, 5.41) is 17.3. The highest BCUT2D eigenvalue weighted by Crippen LogP contribution is 2.28. The summed E-state index contributed by atoms with van der Waals surface area (Å²) in [4.78, 5) is 38.9. The maximum atomic E-state index is 12.5. The van der Waals surface area contributed by atoms with Crippen LogP contribution in [0, 0.1) is 5.92 Å². The van der Waals surface area contributed by atoms with E-state index in [9.17, 15) is 9.59 Å². The van der Waals surface area contributed by atoms with Gasteiger partial charge in [0.25, 0.3) is 12.0 Å². The van der Waals surface area contributed by atoms with E-state index >= 15 is 0 Å². The van der Waals surface area contributed by atoms with Crippen LogP contribution in [0.15, 0.2) is 29.6 Å². The Morgan fingerprint density at radius 2 is 2.23 bits per heavy atom. The normalized spacial score (nSPS) is 20.5.